The normalized spacial score (nSPS) is 13.9. The smallest absolute Gasteiger partial charge is 0.253 e. The van der Waals surface area contributed by atoms with Crippen molar-refractivity contribution < 1.29 is 22.0 Å². The highest BCUT2D eigenvalue weighted by Gasteiger charge is 2.30. The van der Waals surface area contributed by atoms with Gasteiger partial charge in [0.05, 0.1) is 22.2 Å². The van der Waals surface area contributed by atoms with E-state index in [1.165, 1.54) is 18.2 Å². The van der Waals surface area contributed by atoms with E-state index in [4.69, 9.17) is 27.6 Å². The molecule has 4 rings (SSSR count). The van der Waals surface area contributed by atoms with E-state index in [-0.39, 0.29) is 38.9 Å². The zero-order valence-corrected chi connectivity index (χ0v) is 18.3. The highest BCUT2D eigenvalue weighted by Crippen LogP contribution is 2.31. The van der Waals surface area contributed by atoms with E-state index in [2.05, 4.69) is 10.0 Å². The molecular formula is C21H17Cl2FN2O4S. The second-order valence-corrected chi connectivity index (χ2v) is 9.61. The van der Waals surface area contributed by atoms with E-state index < -0.39 is 15.9 Å². The fourth-order valence-corrected chi connectivity index (χ4v) is 5.06. The summed E-state index contributed by atoms with van der Waals surface area (Å²) in [6.07, 6.45) is 1.53. The fourth-order valence-electron chi connectivity index (χ4n) is 2.90. The Kier molecular flexibility index (Phi) is 6.07. The highest BCUT2D eigenvalue weighted by atomic mass is 35.5. The summed E-state index contributed by atoms with van der Waals surface area (Å²) in [5.74, 6) is 0.0509. The lowest BCUT2D eigenvalue weighted by Crippen LogP contribution is -2.27. The summed E-state index contributed by atoms with van der Waals surface area (Å²) in [5.41, 5.74) is 0.672. The van der Waals surface area contributed by atoms with Crippen molar-refractivity contribution in [2.45, 2.75) is 30.3 Å². The van der Waals surface area contributed by atoms with Gasteiger partial charge in [0.15, 0.2) is 0 Å². The molecule has 6 nitrogen and oxygen atoms in total. The summed E-state index contributed by atoms with van der Waals surface area (Å²) >= 11 is 12.2. The van der Waals surface area contributed by atoms with Gasteiger partial charge in [0.2, 0.25) is 10.0 Å². The number of rotatable bonds is 7. The van der Waals surface area contributed by atoms with Gasteiger partial charge in [-0.2, -0.15) is 0 Å². The molecule has 1 fully saturated rings. The van der Waals surface area contributed by atoms with Crippen molar-refractivity contribution in [3.05, 3.63) is 75.7 Å². The number of halogens is 3. The Hall–Kier alpha value is -2.39. The molecule has 10 heteroatoms. The molecule has 0 radical (unpaired) electrons. The van der Waals surface area contributed by atoms with Crippen molar-refractivity contribution in [3.63, 3.8) is 0 Å². The Morgan fingerprint density at radius 2 is 1.77 bits per heavy atom. The molecule has 2 aromatic carbocycles. The lowest BCUT2D eigenvalue weighted by molar-refractivity contribution is 0.0948. The van der Waals surface area contributed by atoms with Crippen molar-refractivity contribution >= 4 is 39.1 Å². The molecule has 162 valence electrons. The third-order valence-electron chi connectivity index (χ3n) is 4.67. The summed E-state index contributed by atoms with van der Waals surface area (Å²) in [7, 11) is -3.86. The van der Waals surface area contributed by atoms with Crippen LogP contribution in [-0.2, 0) is 16.6 Å². The van der Waals surface area contributed by atoms with Gasteiger partial charge in [-0.1, -0.05) is 23.2 Å². The van der Waals surface area contributed by atoms with Crippen LogP contribution < -0.4 is 10.0 Å². The SMILES string of the molecule is O=C(NCc1ccc(-c2ccc(F)cc2)o1)c1cc(S(=O)(=O)NC2CC2)c(Cl)cc1Cl. The van der Waals surface area contributed by atoms with Crippen molar-refractivity contribution in [1.29, 1.82) is 0 Å². The maximum absolute atomic E-state index is 13.1. The number of carbonyl (C=O) groups excluding carboxylic acids is 1. The fraction of sp³-hybridized carbons (Fsp3) is 0.190. The maximum atomic E-state index is 13.1. The van der Waals surface area contributed by atoms with Crippen LogP contribution in [0.5, 0.6) is 0 Å². The lowest BCUT2D eigenvalue weighted by atomic mass is 10.2. The van der Waals surface area contributed by atoms with E-state index in [1.54, 1.807) is 24.3 Å². The first-order valence-corrected chi connectivity index (χ1v) is 11.6. The molecule has 2 N–H and O–H groups in total. The van der Waals surface area contributed by atoms with Gasteiger partial charge in [-0.25, -0.2) is 17.5 Å². The third kappa shape index (κ3) is 5.10. The maximum Gasteiger partial charge on any atom is 0.253 e. The predicted molar refractivity (Wildman–Crippen MR) is 115 cm³/mol. The second kappa shape index (κ2) is 8.63. The van der Waals surface area contributed by atoms with Crippen LogP contribution in [0.3, 0.4) is 0 Å². The Labute approximate surface area is 188 Å². The number of benzene rings is 2. The Balaban J connectivity index is 1.48. The Morgan fingerprint density at radius 1 is 1.06 bits per heavy atom. The number of amides is 1. The summed E-state index contributed by atoms with van der Waals surface area (Å²) in [6, 6.07) is 11.5. The van der Waals surface area contributed by atoms with Crippen LogP contribution in [0, 0.1) is 5.82 Å². The number of sulfonamides is 1. The number of hydrogen-bond donors (Lipinski definition) is 2. The minimum absolute atomic E-state index is 0.0208. The van der Waals surface area contributed by atoms with E-state index >= 15 is 0 Å². The molecule has 1 saturated carbocycles. The first-order chi connectivity index (χ1) is 14.7. The van der Waals surface area contributed by atoms with E-state index in [9.17, 15) is 17.6 Å². The van der Waals surface area contributed by atoms with Crippen LogP contribution in [0.4, 0.5) is 4.39 Å². The monoisotopic (exact) mass is 482 g/mol. The molecule has 0 aliphatic heterocycles. The zero-order valence-electron chi connectivity index (χ0n) is 16.0. The number of nitrogens with one attached hydrogen (secondary N) is 2. The average Bonchev–Trinajstić information content (AvgIpc) is 3.38. The molecule has 3 aromatic rings. The number of hydrogen-bond acceptors (Lipinski definition) is 4. The van der Waals surface area contributed by atoms with Gasteiger partial charge in [0.25, 0.3) is 5.91 Å². The molecule has 1 heterocycles. The van der Waals surface area contributed by atoms with Gasteiger partial charge in [0.1, 0.15) is 22.2 Å². The summed E-state index contributed by atoms with van der Waals surface area (Å²) in [4.78, 5) is 12.4. The molecular weight excluding hydrogens is 466 g/mol. The lowest BCUT2D eigenvalue weighted by Gasteiger charge is -2.11. The minimum atomic E-state index is -3.86. The van der Waals surface area contributed by atoms with Crippen molar-refractivity contribution in [2.75, 3.05) is 0 Å². The van der Waals surface area contributed by atoms with Crippen LogP contribution in [0.1, 0.15) is 29.0 Å². The van der Waals surface area contributed by atoms with E-state index in [0.29, 0.717) is 17.1 Å². The van der Waals surface area contributed by atoms with Gasteiger partial charge in [-0.15, -0.1) is 0 Å². The molecule has 31 heavy (non-hydrogen) atoms. The van der Waals surface area contributed by atoms with Gasteiger partial charge in [0, 0.05) is 11.6 Å². The van der Waals surface area contributed by atoms with Crippen LogP contribution >= 0.6 is 23.2 Å². The molecule has 0 atom stereocenters. The zero-order chi connectivity index (χ0) is 22.2. The van der Waals surface area contributed by atoms with Gasteiger partial charge < -0.3 is 9.73 Å². The topological polar surface area (TPSA) is 88.4 Å². The minimum Gasteiger partial charge on any atom is -0.459 e. The van der Waals surface area contributed by atoms with Crippen LogP contribution in [0.25, 0.3) is 11.3 Å². The van der Waals surface area contributed by atoms with Crippen LogP contribution in [0.15, 0.2) is 57.8 Å². The van der Waals surface area contributed by atoms with Gasteiger partial charge in [-0.05, 0) is 61.4 Å². The molecule has 1 aliphatic rings. The Morgan fingerprint density at radius 3 is 2.45 bits per heavy atom. The molecule has 0 bridgehead atoms. The average molecular weight is 483 g/mol. The van der Waals surface area contributed by atoms with Gasteiger partial charge >= 0.3 is 0 Å². The first kappa shape index (κ1) is 21.8. The number of furan rings is 1. The first-order valence-electron chi connectivity index (χ1n) is 9.37. The van der Waals surface area contributed by atoms with Crippen molar-refractivity contribution in [1.82, 2.24) is 10.0 Å². The summed E-state index contributed by atoms with van der Waals surface area (Å²) < 4.78 is 46.3. The van der Waals surface area contributed by atoms with Gasteiger partial charge in [-0.3, -0.25) is 4.79 Å². The van der Waals surface area contributed by atoms with Crippen LogP contribution in [0.2, 0.25) is 10.0 Å². The predicted octanol–water partition coefficient (Wildman–Crippen LogP) is 4.76. The molecule has 1 aliphatic carbocycles. The molecule has 1 amide bonds. The molecule has 0 saturated heterocycles. The summed E-state index contributed by atoms with van der Waals surface area (Å²) in [5, 5.41) is 2.61. The molecule has 0 spiro atoms. The van der Waals surface area contributed by atoms with Crippen LogP contribution in [-0.4, -0.2) is 20.4 Å². The largest absolute Gasteiger partial charge is 0.459 e. The molecule has 1 aromatic heterocycles. The second-order valence-electron chi connectivity index (χ2n) is 7.11. The molecule has 0 unspecified atom stereocenters. The third-order valence-corrected chi connectivity index (χ3v) is 6.97. The quantitative estimate of drug-likeness (QED) is 0.507. The van der Waals surface area contributed by atoms with E-state index in [1.807, 2.05) is 0 Å². The highest BCUT2D eigenvalue weighted by molar-refractivity contribution is 7.89. The summed E-state index contributed by atoms with van der Waals surface area (Å²) in [6.45, 7) is 0.0430. The van der Waals surface area contributed by atoms with Crippen molar-refractivity contribution in [3.8, 4) is 11.3 Å². The number of carbonyl (C=O) groups is 1. The Bertz CT molecular complexity index is 1240. The van der Waals surface area contributed by atoms with E-state index in [0.717, 1.165) is 18.9 Å². The van der Waals surface area contributed by atoms with Crippen molar-refractivity contribution in [2.24, 2.45) is 0 Å². The standard InChI is InChI=1S/C21H17Cl2FN2O4S/c22-17-10-18(23)20(31(28,29)26-14-5-6-14)9-16(17)21(27)25-11-15-7-8-19(30-15)12-1-3-13(24)4-2-12/h1-4,7-10,14,26H,5-6,11H2,(H,25,27).